The highest BCUT2D eigenvalue weighted by molar-refractivity contribution is 5.69. The van der Waals surface area contributed by atoms with Crippen LogP contribution in [0, 0.1) is 0 Å². The van der Waals surface area contributed by atoms with Crippen molar-refractivity contribution in [2.75, 3.05) is 6.54 Å². The lowest BCUT2D eigenvalue weighted by molar-refractivity contribution is 0.0219. The predicted molar refractivity (Wildman–Crippen MR) is 77.3 cm³/mol. The van der Waals surface area contributed by atoms with Crippen LogP contribution in [0.2, 0.25) is 0 Å². The molecule has 110 valence electrons. The molecule has 0 aromatic carbocycles. The average molecular weight is 277 g/mol. The van der Waals surface area contributed by atoms with Crippen molar-refractivity contribution in [1.29, 1.82) is 0 Å². The molecular weight excluding hydrogens is 254 g/mol. The van der Waals surface area contributed by atoms with Crippen LogP contribution >= 0.6 is 0 Å². The summed E-state index contributed by atoms with van der Waals surface area (Å²) in [4.78, 5) is 18.3. The van der Waals surface area contributed by atoms with E-state index in [9.17, 15) is 4.79 Å². The zero-order valence-electron chi connectivity index (χ0n) is 12.5. The number of rotatable bonds is 3. The quantitative estimate of drug-likeness (QED) is 0.797. The number of imidazole rings is 1. The Bertz CT molecular complexity index is 488. The Morgan fingerprint density at radius 2 is 2.35 bits per heavy atom. The van der Waals surface area contributed by atoms with Crippen LogP contribution in [-0.4, -0.2) is 32.7 Å². The maximum atomic E-state index is 12.3. The number of amides is 1. The lowest BCUT2D eigenvalue weighted by atomic mass is 10.1. The van der Waals surface area contributed by atoms with Crippen molar-refractivity contribution in [3.8, 4) is 0 Å². The number of allylic oxidation sites excluding steroid dienone is 1. The number of nitrogens with zero attached hydrogens (tertiary/aromatic N) is 3. The molecule has 1 aromatic rings. The molecule has 1 saturated heterocycles. The Labute approximate surface area is 120 Å². The van der Waals surface area contributed by atoms with E-state index >= 15 is 0 Å². The van der Waals surface area contributed by atoms with Crippen LogP contribution < -0.4 is 0 Å². The number of hydrogen-bond donors (Lipinski definition) is 0. The maximum Gasteiger partial charge on any atom is 0.410 e. The first kappa shape index (κ1) is 14.6. The fourth-order valence-corrected chi connectivity index (χ4v) is 2.51. The smallest absolute Gasteiger partial charge is 0.410 e. The van der Waals surface area contributed by atoms with Gasteiger partial charge in [-0.15, -0.1) is 6.58 Å². The van der Waals surface area contributed by atoms with Gasteiger partial charge in [-0.3, -0.25) is 4.90 Å². The van der Waals surface area contributed by atoms with Gasteiger partial charge in [0.1, 0.15) is 5.60 Å². The van der Waals surface area contributed by atoms with Crippen molar-refractivity contribution in [1.82, 2.24) is 14.5 Å². The Kier molecular flexibility index (Phi) is 4.16. The van der Waals surface area contributed by atoms with Gasteiger partial charge in [-0.25, -0.2) is 9.78 Å². The van der Waals surface area contributed by atoms with Gasteiger partial charge in [0.25, 0.3) is 0 Å². The van der Waals surface area contributed by atoms with Gasteiger partial charge < -0.3 is 9.30 Å². The van der Waals surface area contributed by atoms with Gasteiger partial charge in [-0.2, -0.15) is 0 Å². The van der Waals surface area contributed by atoms with Crippen LogP contribution in [-0.2, 0) is 11.3 Å². The molecule has 5 nitrogen and oxygen atoms in total. The summed E-state index contributed by atoms with van der Waals surface area (Å²) in [5.41, 5.74) is 0.583. The van der Waals surface area contributed by atoms with Gasteiger partial charge in [-0.1, -0.05) is 6.08 Å². The zero-order chi connectivity index (χ0) is 14.8. The van der Waals surface area contributed by atoms with Crippen molar-refractivity contribution in [3.63, 3.8) is 0 Å². The van der Waals surface area contributed by atoms with E-state index in [0.29, 0.717) is 6.54 Å². The molecule has 5 heteroatoms. The summed E-state index contributed by atoms with van der Waals surface area (Å²) in [7, 11) is 0. The molecule has 20 heavy (non-hydrogen) atoms. The fourth-order valence-electron chi connectivity index (χ4n) is 2.51. The van der Waals surface area contributed by atoms with Crippen molar-refractivity contribution < 1.29 is 9.53 Å². The Morgan fingerprint density at radius 1 is 1.60 bits per heavy atom. The van der Waals surface area contributed by atoms with Gasteiger partial charge >= 0.3 is 6.09 Å². The summed E-state index contributed by atoms with van der Waals surface area (Å²) < 4.78 is 7.52. The van der Waals surface area contributed by atoms with Crippen molar-refractivity contribution in [3.05, 3.63) is 30.9 Å². The SMILES string of the molecule is C=CCn1cncc1[C@@H]1CCCN1C(=O)OC(C)(C)C. The normalized spacial score (nSPS) is 19.1. The molecule has 2 rings (SSSR count). The number of carbonyl (C=O) groups is 1. The van der Waals surface area contributed by atoms with Gasteiger partial charge in [-0.05, 0) is 33.6 Å². The third kappa shape index (κ3) is 3.21. The van der Waals surface area contributed by atoms with E-state index in [0.717, 1.165) is 25.1 Å². The molecule has 1 aliphatic rings. The number of hydrogen-bond acceptors (Lipinski definition) is 3. The molecule has 0 aliphatic carbocycles. The first-order valence-corrected chi connectivity index (χ1v) is 7.03. The minimum Gasteiger partial charge on any atom is -0.444 e. The molecule has 1 amide bonds. The Hall–Kier alpha value is -1.78. The second-order valence-corrected chi connectivity index (χ2v) is 6.09. The van der Waals surface area contributed by atoms with Crippen LogP contribution in [0.4, 0.5) is 4.79 Å². The van der Waals surface area contributed by atoms with E-state index in [1.54, 1.807) is 6.33 Å². The van der Waals surface area contributed by atoms with Crippen LogP contribution in [0.1, 0.15) is 45.3 Å². The van der Waals surface area contributed by atoms with E-state index in [1.165, 1.54) is 0 Å². The van der Waals surface area contributed by atoms with Crippen LogP contribution in [0.3, 0.4) is 0 Å². The van der Waals surface area contributed by atoms with Crippen LogP contribution in [0.15, 0.2) is 25.2 Å². The first-order chi connectivity index (χ1) is 9.42. The fraction of sp³-hybridized carbons (Fsp3) is 0.600. The summed E-state index contributed by atoms with van der Waals surface area (Å²) in [5.74, 6) is 0. The summed E-state index contributed by atoms with van der Waals surface area (Å²) in [6, 6.07) is 0.0484. The molecule has 2 heterocycles. The molecule has 0 N–H and O–H groups in total. The van der Waals surface area contributed by atoms with Crippen molar-refractivity contribution in [2.24, 2.45) is 0 Å². The minimum atomic E-state index is -0.467. The average Bonchev–Trinajstić information content (AvgIpc) is 2.93. The van der Waals surface area contributed by atoms with Crippen LogP contribution in [0.5, 0.6) is 0 Å². The molecule has 0 unspecified atom stereocenters. The standard InChI is InChI=1S/C15H23N3O2/c1-5-8-17-11-16-10-13(17)12-7-6-9-18(12)14(19)20-15(2,3)4/h5,10-12H,1,6-9H2,2-4H3/t12-/m0/s1. The maximum absolute atomic E-state index is 12.3. The van der Waals surface area contributed by atoms with Crippen LogP contribution in [0.25, 0.3) is 0 Å². The van der Waals surface area contributed by atoms with E-state index in [2.05, 4.69) is 11.6 Å². The molecule has 0 saturated carbocycles. The lowest BCUT2D eigenvalue weighted by Gasteiger charge is -2.28. The molecule has 0 bridgehead atoms. The van der Waals surface area contributed by atoms with E-state index in [-0.39, 0.29) is 12.1 Å². The molecule has 1 aromatic heterocycles. The second kappa shape index (κ2) is 5.69. The Balaban J connectivity index is 2.16. The third-order valence-corrected chi connectivity index (χ3v) is 3.29. The summed E-state index contributed by atoms with van der Waals surface area (Å²) in [6.45, 7) is 10.8. The minimum absolute atomic E-state index is 0.0484. The van der Waals surface area contributed by atoms with E-state index in [4.69, 9.17) is 4.74 Å². The van der Waals surface area contributed by atoms with Crippen molar-refractivity contribution in [2.45, 2.75) is 51.8 Å². The molecule has 1 aliphatic heterocycles. The predicted octanol–water partition coefficient (Wildman–Crippen LogP) is 3.14. The van der Waals surface area contributed by atoms with Gasteiger partial charge in [0.2, 0.25) is 0 Å². The largest absolute Gasteiger partial charge is 0.444 e. The molecule has 0 radical (unpaired) electrons. The highest BCUT2D eigenvalue weighted by Gasteiger charge is 2.34. The Morgan fingerprint density at radius 3 is 3.00 bits per heavy atom. The lowest BCUT2D eigenvalue weighted by Crippen LogP contribution is -2.36. The van der Waals surface area contributed by atoms with E-state index in [1.807, 2.05) is 42.5 Å². The zero-order valence-corrected chi connectivity index (χ0v) is 12.5. The van der Waals surface area contributed by atoms with Gasteiger partial charge in [0.15, 0.2) is 0 Å². The highest BCUT2D eigenvalue weighted by Crippen LogP contribution is 2.33. The topological polar surface area (TPSA) is 47.4 Å². The third-order valence-electron chi connectivity index (χ3n) is 3.29. The van der Waals surface area contributed by atoms with E-state index < -0.39 is 5.60 Å². The van der Waals surface area contributed by atoms with Gasteiger partial charge in [0, 0.05) is 13.1 Å². The molecular formula is C15H23N3O2. The number of carbonyl (C=O) groups excluding carboxylic acids is 1. The monoisotopic (exact) mass is 277 g/mol. The number of ether oxygens (including phenoxy) is 1. The number of likely N-dealkylation sites (tertiary alicyclic amines) is 1. The highest BCUT2D eigenvalue weighted by atomic mass is 16.6. The number of aromatic nitrogens is 2. The summed E-state index contributed by atoms with van der Waals surface area (Å²) in [6.07, 6.45) is 7.13. The molecule has 1 atom stereocenters. The summed E-state index contributed by atoms with van der Waals surface area (Å²) >= 11 is 0. The second-order valence-electron chi connectivity index (χ2n) is 6.09. The molecule has 1 fully saturated rings. The van der Waals surface area contributed by atoms with Crippen molar-refractivity contribution >= 4 is 6.09 Å². The summed E-state index contributed by atoms with van der Waals surface area (Å²) in [5, 5.41) is 0. The first-order valence-electron chi connectivity index (χ1n) is 7.03. The molecule has 0 spiro atoms. The van der Waals surface area contributed by atoms with Gasteiger partial charge in [0.05, 0.1) is 24.3 Å².